The fourth-order valence-electron chi connectivity index (χ4n) is 2.22. The van der Waals surface area contributed by atoms with Crippen molar-refractivity contribution in [1.29, 1.82) is 0 Å². The van der Waals surface area contributed by atoms with Crippen LogP contribution in [0.5, 0.6) is 0 Å². The Kier molecular flexibility index (Phi) is 6.52. The van der Waals surface area contributed by atoms with Gasteiger partial charge in [-0.15, -0.1) is 0 Å². The quantitative estimate of drug-likeness (QED) is 0.745. The number of carbonyl (C=O) groups is 1. The number of benzene rings is 1. The molecule has 9 heteroatoms. The molecule has 26 heavy (non-hydrogen) atoms. The minimum absolute atomic E-state index is 0.159. The number of sulfonamides is 1. The van der Waals surface area contributed by atoms with Gasteiger partial charge in [-0.2, -0.15) is 4.31 Å². The second-order valence-corrected chi connectivity index (χ2v) is 8.26. The zero-order valence-electron chi connectivity index (χ0n) is 15.4. The molecule has 1 aromatic carbocycles. The van der Waals surface area contributed by atoms with Crippen LogP contribution in [-0.2, 0) is 14.8 Å². The van der Waals surface area contributed by atoms with E-state index in [0.717, 1.165) is 5.56 Å². The molecule has 0 saturated carbocycles. The van der Waals surface area contributed by atoms with Crippen molar-refractivity contribution in [3.05, 3.63) is 41.7 Å². The maximum Gasteiger partial charge on any atom is 0.243 e. The van der Waals surface area contributed by atoms with Crippen molar-refractivity contribution in [2.75, 3.05) is 39.0 Å². The molecule has 0 saturated heterocycles. The number of carbonyl (C=O) groups excluding carboxylic acids is 1. The van der Waals surface area contributed by atoms with Crippen LogP contribution in [0, 0.1) is 13.8 Å². The number of amides is 1. The van der Waals surface area contributed by atoms with Crippen molar-refractivity contribution in [3.63, 3.8) is 0 Å². The molecule has 1 aromatic heterocycles. The first-order chi connectivity index (χ1) is 12.2. The number of hydrogen-bond acceptors (Lipinski definition) is 6. The number of nitrogens with one attached hydrogen (secondary N) is 1. The minimum atomic E-state index is -3.79. The Bertz CT molecular complexity index is 844. The monoisotopic (exact) mass is 380 g/mol. The van der Waals surface area contributed by atoms with Crippen LogP contribution in [-0.4, -0.2) is 62.4 Å². The Morgan fingerprint density at radius 1 is 1.15 bits per heavy atom. The molecule has 0 bridgehead atoms. The minimum Gasteiger partial charge on any atom is -0.360 e. The number of hydrogen-bond donors (Lipinski definition) is 1. The molecule has 0 radical (unpaired) electrons. The fraction of sp³-hybridized carbons (Fsp3) is 0.412. The van der Waals surface area contributed by atoms with Crippen LogP contribution in [0.1, 0.15) is 11.3 Å². The first-order valence-corrected chi connectivity index (χ1v) is 9.57. The lowest BCUT2D eigenvalue weighted by Crippen LogP contribution is -2.41. The SMILES string of the molecule is Cc1ccc(S(=O)(=O)N(CCN(C)C)CC(=O)Nc2cc(C)on2)cc1. The third-order valence-electron chi connectivity index (χ3n) is 3.67. The van der Waals surface area contributed by atoms with E-state index < -0.39 is 15.9 Å². The normalized spacial score (nSPS) is 11.9. The van der Waals surface area contributed by atoms with Crippen LogP contribution in [0.2, 0.25) is 0 Å². The lowest BCUT2D eigenvalue weighted by Gasteiger charge is -2.23. The predicted octanol–water partition coefficient (Wildman–Crippen LogP) is 1.48. The van der Waals surface area contributed by atoms with E-state index in [1.54, 1.807) is 37.3 Å². The highest BCUT2D eigenvalue weighted by molar-refractivity contribution is 7.89. The van der Waals surface area contributed by atoms with E-state index in [1.807, 2.05) is 25.9 Å². The van der Waals surface area contributed by atoms with E-state index in [9.17, 15) is 13.2 Å². The highest BCUT2D eigenvalue weighted by Gasteiger charge is 2.26. The molecule has 0 aliphatic carbocycles. The molecule has 0 aliphatic rings. The number of nitrogens with zero attached hydrogens (tertiary/aromatic N) is 3. The molecule has 142 valence electrons. The molecule has 0 atom stereocenters. The predicted molar refractivity (Wildman–Crippen MR) is 98.4 cm³/mol. The van der Waals surface area contributed by atoms with Crippen molar-refractivity contribution < 1.29 is 17.7 Å². The van der Waals surface area contributed by atoms with E-state index in [2.05, 4.69) is 10.5 Å². The van der Waals surface area contributed by atoms with Crippen LogP contribution in [0.15, 0.2) is 39.8 Å². The summed E-state index contributed by atoms with van der Waals surface area (Å²) < 4.78 is 31.9. The average molecular weight is 380 g/mol. The molecule has 0 spiro atoms. The van der Waals surface area contributed by atoms with Crippen molar-refractivity contribution in [1.82, 2.24) is 14.4 Å². The molecule has 0 unspecified atom stereocenters. The zero-order valence-corrected chi connectivity index (χ0v) is 16.2. The molecular formula is C17H24N4O4S. The standard InChI is InChI=1S/C17H24N4O4S/c1-13-5-7-15(8-6-13)26(23,24)21(10-9-20(3)4)12-17(22)18-16-11-14(2)25-19-16/h5-8,11H,9-10,12H2,1-4H3,(H,18,19,22). The number of rotatable bonds is 8. The van der Waals surface area contributed by atoms with E-state index in [-0.39, 0.29) is 23.8 Å². The maximum atomic E-state index is 12.9. The summed E-state index contributed by atoms with van der Waals surface area (Å²) in [6, 6.07) is 8.12. The molecular weight excluding hydrogens is 356 g/mol. The Morgan fingerprint density at radius 3 is 2.35 bits per heavy atom. The van der Waals surface area contributed by atoms with Gasteiger partial charge in [0, 0.05) is 19.2 Å². The second kappa shape index (κ2) is 8.43. The van der Waals surface area contributed by atoms with Crippen LogP contribution >= 0.6 is 0 Å². The molecule has 1 amide bonds. The number of aromatic nitrogens is 1. The van der Waals surface area contributed by atoms with Gasteiger partial charge in [0.15, 0.2) is 5.82 Å². The average Bonchev–Trinajstić information content (AvgIpc) is 2.96. The first kappa shape index (κ1) is 20.1. The van der Waals surface area contributed by atoms with Gasteiger partial charge in [-0.1, -0.05) is 22.9 Å². The topological polar surface area (TPSA) is 95.8 Å². The van der Waals surface area contributed by atoms with E-state index in [4.69, 9.17) is 4.52 Å². The number of likely N-dealkylation sites (N-methyl/N-ethyl adjacent to an activating group) is 1. The number of aryl methyl sites for hydroxylation is 2. The van der Waals surface area contributed by atoms with Crippen molar-refractivity contribution in [2.45, 2.75) is 18.7 Å². The smallest absolute Gasteiger partial charge is 0.243 e. The third kappa shape index (κ3) is 5.38. The summed E-state index contributed by atoms with van der Waals surface area (Å²) in [5.74, 6) is 0.331. The van der Waals surface area contributed by atoms with Gasteiger partial charge in [-0.05, 0) is 40.1 Å². The van der Waals surface area contributed by atoms with E-state index in [0.29, 0.717) is 12.3 Å². The summed E-state index contributed by atoms with van der Waals surface area (Å²) in [7, 11) is -0.109. The zero-order chi connectivity index (χ0) is 19.3. The Hall–Kier alpha value is -2.23. The van der Waals surface area contributed by atoms with Crippen molar-refractivity contribution in [2.24, 2.45) is 0 Å². The molecule has 2 aromatic rings. The van der Waals surface area contributed by atoms with Gasteiger partial charge in [0.2, 0.25) is 15.9 Å². The van der Waals surface area contributed by atoms with E-state index >= 15 is 0 Å². The van der Waals surface area contributed by atoms with E-state index in [1.165, 1.54) is 4.31 Å². The summed E-state index contributed by atoms with van der Waals surface area (Å²) >= 11 is 0. The summed E-state index contributed by atoms with van der Waals surface area (Å²) in [6.07, 6.45) is 0. The molecule has 0 fully saturated rings. The fourth-order valence-corrected chi connectivity index (χ4v) is 3.61. The van der Waals surface area contributed by atoms with Crippen LogP contribution in [0.25, 0.3) is 0 Å². The molecule has 8 nitrogen and oxygen atoms in total. The maximum absolute atomic E-state index is 12.9. The van der Waals surface area contributed by atoms with Gasteiger partial charge >= 0.3 is 0 Å². The molecule has 1 heterocycles. The Labute approximate surface area is 153 Å². The molecule has 2 rings (SSSR count). The van der Waals surface area contributed by atoms with Gasteiger partial charge in [-0.3, -0.25) is 4.79 Å². The van der Waals surface area contributed by atoms with Gasteiger partial charge < -0.3 is 14.7 Å². The summed E-state index contributed by atoms with van der Waals surface area (Å²) in [4.78, 5) is 14.3. The van der Waals surface area contributed by atoms with Gasteiger partial charge in [0.05, 0.1) is 11.4 Å². The van der Waals surface area contributed by atoms with Gasteiger partial charge in [-0.25, -0.2) is 8.42 Å². The highest BCUT2D eigenvalue weighted by Crippen LogP contribution is 2.17. The third-order valence-corrected chi connectivity index (χ3v) is 5.53. The summed E-state index contributed by atoms with van der Waals surface area (Å²) in [5, 5.41) is 6.23. The number of anilines is 1. The van der Waals surface area contributed by atoms with Crippen LogP contribution in [0.3, 0.4) is 0 Å². The van der Waals surface area contributed by atoms with Crippen LogP contribution in [0.4, 0.5) is 5.82 Å². The largest absolute Gasteiger partial charge is 0.360 e. The molecule has 0 aliphatic heterocycles. The highest BCUT2D eigenvalue weighted by atomic mass is 32.2. The molecule has 1 N–H and O–H groups in total. The summed E-state index contributed by atoms with van der Waals surface area (Å²) in [5.41, 5.74) is 0.961. The van der Waals surface area contributed by atoms with Gasteiger partial charge in [0.1, 0.15) is 5.76 Å². The van der Waals surface area contributed by atoms with Gasteiger partial charge in [0.25, 0.3) is 0 Å². The summed E-state index contributed by atoms with van der Waals surface area (Å²) in [6.45, 7) is 3.95. The lowest BCUT2D eigenvalue weighted by molar-refractivity contribution is -0.116. The van der Waals surface area contributed by atoms with Crippen molar-refractivity contribution in [3.8, 4) is 0 Å². The Balaban J connectivity index is 2.18. The lowest BCUT2D eigenvalue weighted by atomic mass is 10.2. The van der Waals surface area contributed by atoms with Crippen LogP contribution < -0.4 is 5.32 Å². The Morgan fingerprint density at radius 2 is 1.81 bits per heavy atom. The van der Waals surface area contributed by atoms with Crippen molar-refractivity contribution >= 4 is 21.7 Å². The second-order valence-electron chi connectivity index (χ2n) is 6.33. The first-order valence-electron chi connectivity index (χ1n) is 8.13.